The number of rotatable bonds is 5. The number of aliphatic hydroxyl groups is 2. The smallest absolute Gasteiger partial charge is 0.266 e. The molecule has 4 rings (SSSR count). The molecule has 25 heavy (non-hydrogen) atoms. The van der Waals surface area contributed by atoms with Gasteiger partial charge in [0.2, 0.25) is 0 Å². The van der Waals surface area contributed by atoms with Crippen LogP contribution < -0.4 is 4.90 Å². The van der Waals surface area contributed by atoms with E-state index in [4.69, 9.17) is 11.6 Å². The molecule has 0 saturated heterocycles. The summed E-state index contributed by atoms with van der Waals surface area (Å²) in [7, 11) is 1.74. The van der Waals surface area contributed by atoms with Crippen molar-refractivity contribution in [3.05, 3.63) is 40.7 Å². The van der Waals surface area contributed by atoms with E-state index in [0.29, 0.717) is 34.3 Å². The second kappa shape index (κ2) is 5.79. The first-order valence-corrected chi connectivity index (χ1v) is 8.65. The molecule has 8 heteroatoms. The van der Waals surface area contributed by atoms with E-state index in [1.165, 1.54) is 4.90 Å². The molecule has 1 aliphatic heterocycles. The zero-order chi connectivity index (χ0) is 17.8. The fraction of sp³-hybridized carbons (Fsp3) is 0.471. The Hall–Kier alpha value is -1.96. The molecule has 1 aliphatic carbocycles. The average Bonchev–Trinajstić information content (AvgIpc) is 3.26. The Kier molecular flexibility index (Phi) is 3.82. The monoisotopic (exact) mass is 362 g/mol. The number of halogens is 1. The van der Waals surface area contributed by atoms with Crippen LogP contribution in [-0.2, 0) is 24.0 Å². The first-order valence-electron chi connectivity index (χ1n) is 8.27. The van der Waals surface area contributed by atoms with Crippen LogP contribution in [0.4, 0.5) is 5.69 Å². The highest BCUT2D eigenvalue weighted by molar-refractivity contribution is 6.31. The predicted molar refractivity (Wildman–Crippen MR) is 90.9 cm³/mol. The van der Waals surface area contributed by atoms with Crippen LogP contribution in [-0.4, -0.2) is 37.2 Å². The Balaban J connectivity index is 1.73. The van der Waals surface area contributed by atoms with Crippen molar-refractivity contribution in [1.29, 1.82) is 0 Å². The number of benzene rings is 1. The van der Waals surface area contributed by atoms with Crippen LogP contribution in [0, 0.1) is 5.92 Å². The van der Waals surface area contributed by atoms with Crippen molar-refractivity contribution in [2.75, 3.05) is 4.90 Å². The van der Waals surface area contributed by atoms with E-state index in [-0.39, 0.29) is 6.54 Å². The van der Waals surface area contributed by atoms with Gasteiger partial charge in [0, 0.05) is 23.8 Å². The Morgan fingerprint density at radius 2 is 2.20 bits per heavy atom. The summed E-state index contributed by atoms with van der Waals surface area (Å²) >= 11 is 6.08. The first kappa shape index (κ1) is 16.5. The van der Waals surface area contributed by atoms with Crippen molar-refractivity contribution in [3.63, 3.8) is 0 Å². The van der Waals surface area contributed by atoms with E-state index in [1.807, 2.05) is 0 Å². The van der Waals surface area contributed by atoms with Gasteiger partial charge in [-0.05, 0) is 30.5 Å². The molecular weight excluding hydrogens is 344 g/mol. The van der Waals surface area contributed by atoms with E-state index in [9.17, 15) is 15.0 Å². The zero-order valence-corrected chi connectivity index (χ0v) is 14.5. The number of amides is 1. The van der Waals surface area contributed by atoms with Gasteiger partial charge in [-0.25, -0.2) is 0 Å². The molecule has 2 N–H and O–H groups in total. The number of aromatic nitrogens is 3. The summed E-state index contributed by atoms with van der Waals surface area (Å²) in [5.74, 6) is -0.188. The molecule has 1 aromatic heterocycles. The largest absolute Gasteiger partial charge is 0.389 e. The summed E-state index contributed by atoms with van der Waals surface area (Å²) in [5.41, 5.74) is -0.498. The van der Waals surface area contributed by atoms with Crippen LogP contribution >= 0.6 is 11.6 Å². The van der Waals surface area contributed by atoms with Crippen molar-refractivity contribution >= 4 is 23.2 Å². The molecule has 1 amide bonds. The van der Waals surface area contributed by atoms with Crippen LogP contribution in [0.25, 0.3) is 0 Å². The molecule has 0 radical (unpaired) electrons. The lowest BCUT2D eigenvalue weighted by Crippen LogP contribution is -2.48. The van der Waals surface area contributed by atoms with Crippen LogP contribution in [0.2, 0.25) is 5.02 Å². The third-order valence-corrected chi connectivity index (χ3v) is 5.17. The van der Waals surface area contributed by atoms with Crippen LogP contribution in [0.3, 0.4) is 0 Å². The molecule has 2 aromatic rings. The summed E-state index contributed by atoms with van der Waals surface area (Å²) in [6.07, 6.45) is 2.98. The minimum atomic E-state index is -1.98. The lowest BCUT2D eigenvalue weighted by molar-refractivity contribution is -0.150. The lowest BCUT2D eigenvalue weighted by atomic mass is 9.86. The maximum atomic E-state index is 13.1. The summed E-state index contributed by atoms with van der Waals surface area (Å²) in [5, 5.41) is 30.1. The molecule has 1 aromatic carbocycles. The molecule has 2 unspecified atom stereocenters. The number of fused-ring (bicyclic) bond motifs is 1. The molecular formula is C17H19ClN4O3. The van der Waals surface area contributed by atoms with Crippen molar-refractivity contribution in [1.82, 2.24) is 15.0 Å². The molecule has 0 spiro atoms. The number of aryl methyl sites for hydroxylation is 1. The number of carbonyl (C=O) groups excluding carboxylic acids is 1. The van der Waals surface area contributed by atoms with Gasteiger partial charge in [0.15, 0.2) is 5.60 Å². The lowest BCUT2D eigenvalue weighted by Gasteiger charge is -2.28. The molecule has 2 aliphatic rings. The normalized spacial score (nSPS) is 23.8. The van der Waals surface area contributed by atoms with Crippen molar-refractivity contribution in [2.45, 2.75) is 37.5 Å². The van der Waals surface area contributed by atoms with E-state index >= 15 is 0 Å². The van der Waals surface area contributed by atoms with Gasteiger partial charge in [0.1, 0.15) is 5.69 Å². The van der Waals surface area contributed by atoms with Gasteiger partial charge in [0.05, 0.1) is 18.3 Å². The third-order valence-electron chi connectivity index (χ3n) is 4.94. The Bertz CT molecular complexity index is 835. The van der Waals surface area contributed by atoms with Gasteiger partial charge in [-0.3, -0.25) is 9.48 Å². The summed E-state index contributed by atoms with van der Waals surface area (Å²) in [6, 6.07) is 4.91. The molecule has 2 atom stereocenters. The van der Waals surface area contributed by atoms with E-state index in [0.717, 1.165) is 12.8 Å². The minimum Gasteiger partial charge on any atom is -0.389 e. The average molecular weight is 363 g/mol. The maximum absolute atomic E-state index is 13.1. The number of carbonyl (C=O) groups is 1. The Morgan fingerprint density at radius 3 is 2.84 bits per heavy atom. The van der Waals surface area contributed by atoms with Crippen molar-refractivity contribution in [2.24, 2.45) is 13.0 Å². The minimum absolute atomic E-state index is 0.166. The van der Waals surface area contributed by atoms with Gasteiger partial charge >= 0.3 is 0 Å². The Morgan fingerprint density at radius 1 is 1.44 bits per heavy atom. The molecule has 2 heterocycles. The molecule has 1 fully saturated rings. The second-order valence-corrected chi connectivity index (χ2v) is 7.33. The van der Waals surface area contributed by atoms with Gasteiger partial charge in [-0.1, -0.05) is 29.7 Å². The topological polar surface area (TPSA) is 91.5 Å². The summed E-state index contributed by atoms with van der Waals surface area (Å²) < 4.78 is 1.55. The fourth-order valence-corrected chi connectivity index (χ4v) is 3.60. The molecule has 1 saturated carbocycles. The summed E-state index contributed by atoms with van der Waals surface area (Å²) in [4.78, 5) is 14.5. The highest BCUT2D eigenvalue weighted by Crippen LogP contribution is 2.47. The number of hydrogen-bond acceptors (Lipinski definition) is 5. The zero-order valence-electron chi connectivity index (χ0n) is 13.8. The second-order valence-electron chi connectivity index (χ2n) is 6.90. The van der Waals surface area contributed by atoms with Gasteiger partial charge in [0.25, 0.3) is 5.91 Å². The number of anilines is 1. The van der Waals surface area contributed by atoms with E-state index in [1.54, 1.807) is 36.1 Å². The number of nitrogens with zero attached hydrogens (tertiary/aromatic N) is 4. The van der Waals surface area contributed by atoms with Crippen LogP contribution in [0.15, 0.2) is 24.4 Å². The van der Waals surface area contributed by atoms with Crippen LogP contribution in [0.1, 0.15) is 30.5 Å². The maximum Gasteiger partial charge on any atom is 0.266 e. The van der Waals surface area contributed by atoms with E-state index in [2.05, 4.69) is 10.3 Å². The summed E-state index contributed by atoms with van der Waals surface area (Å²) in [6.45, 7) is 0.166. The van der Waals surface area contributed by atoms with Crippen LogP contribution in [0.5, 0.6) is 0 Å². The number of hydrogen-bond donors (Lipinski definition) is 2. The SMILES string of the molecule is Cn1cc(CN2C(=O)C(O)(C(O)CC3CC3)c3cc(Cl)ccc32)nn1. The van der Waals surface area contributed by atoms with Crippen molar-refractivity contribution in [3.8, 4) is 0 Å². The first-order chi connectivity index (χ1) is 11.9. The van der Waals surface area contributed by atoms with Gasteiger partial charge in [-0.15, -0.1) is 5.10 Å². The quantitative estimate of drug-likeness (QED) is 0.838. The highest BCUT2D eigenvalue weighted by Gasteiger charge is 2.55. The predicted octanol–water partition coefficient (Wildman–Crippen LogP) is 1.36. The van der Waals surface area contributed by atoms with Gasteiger partial charge in [-0.2, -0.15) is 0 Å². The fourth-order valence-electron chi connectivity index (χ4n) is 3.43. The molecule has 0 bridgehead atoms. The van der Waals surface area contributed by atoms with Gasteiger partial charge < -0.3 is 15.1 Å². The molecule has 132 valence electrons. The number of aliphatic hydroxyl groups excluding tert-OH is 1. The molecule has 7 nitrogen and oxygen atoms in total. The third kappa shape index (κ3) is 2.72. The Labute approximate surface area is 149 Å². The highest BCUT2D eigenvalue weighted by atomic mass is 35.5. The van der Waals surface area contributed by atoms with E-state index < -0.39 is 17.6 Å². The standard InChI is InChI=1S/C17H19ClN4O3/c1-21-8-12(19-20-21)9-22-14-5-4-11(18)7-13(14)17(25,16(22)24)15(23)6-10-2-3-10/h4-5,7-8,10,15,23,25H,2-3,6,9H2,1H3. The van der Waals surface area contributed by atoms with Crippen molar-refractivity contribution < 1.29 is 15.0 Å².